The normalized spacial score (nSPS) is 18.3. The second-order valence-electron chi connectivity index (χ2n) is 6.00. The van der Waals surface area contributed by atoms with Gasteiger partial charge in [0.1, 0.15) is 0 Å². The lowest BCUT2D eigenvalue weighted by Gasteiger charge is -2.24. The summed E-state index contributed by atoms with van der Waals surface area (Å²) >= 11 is 0. The Bertz CT molecular complexity index is 983. The molecule has 3 rings (SSSR count). The first-order valence-electron chi connectivity index (χ1n) is 8.17. The van der Waals surface area contributed by atoms with Crippen LogP contribution in [-0.2, 0) is 9.59 Å². The molecule has 9 nitrogen and oxygen atoms in total. The highest BCUT2D eigenvalue weighted by Crippen LogP contribution is 2.18. The van der Waals surface area contributed by atoms with Crippen LogP contribution in [-0.4, -0.2) is 32.3 Å². The van der Waals surface area contributed by atoms with E-state index in [0.717, 1.165) is 9.25 Å². The molecule has 2 atom stereocenters. The fourth-order valence-corrected chi connectivity index (χ4v) is 2.93. The number of allylic oxidation sites excluding steroid dienone is 1. The molecule has 2 heterocycles. The van der Waals surface area contributed by atoms with Gasteiger partial charge in [0.25, 0.3) is 0 Å². The van der Waals surface area contributed by atoms with Crippen molar-refractivity contribution in [1.29, 1.82) is 0 Å². The Labute approximate surface area is 148 Å². The van der Waals surface area contributed by atoms with Crippen LogP contribution in [0.1, 0.15) is 25.4 Å². The molecule has 136 valence electrons. The van der Waals surface area contributed by atoms with E-state index < -0.39 is 29.2 Å². The Kier molecular flexibility index (Phi) is 4.61. The number of benzene rings is 1. The monoisotopic (exact) mass is 357 g/mol. The molecule has 26 heavy (non-hydrogen) atoms. The molecule has 2 amide bonds. The molecule has 1 aromatic carbocycles. The summed E-state index contributed by atoms with van der Waals surface area (Å²) in [6.07, 6.45) is 3.25. The molecular formula is C17H19N5O4. The number of para-hydroxylation sites is 1. The fourth-order valence-electron chi connectivity index (χ4n) is 2.93. The number of nitrogens with zero attached hydrogens (tertiary/aromatic N) is 3. The van der Waals surface area contributed by atoms with Gasteiger partial charge in [-0.15, -0.1) is 0 Å². The van der Waals surface area contributed by atoms with Gasteiger partial charge in [-0.3, -0.25) is 9.59 Å². The molecule has 2 unspecified atom stereocenters. The molecule has 2 aromatic rings. The number of primary amides is 1. The number of nitrogens with one attached hydrogen (secondary N) is 1. The van der Waals surface area contributed by atoms with Gasteiger partial charge in [-0.25, -0.2) is 23.5 Å². The van der Waals surface area contributed by atoms with Crippen LogP contribution in [0.4, 0.5) is 0 Å². The highest BCUT2D eigenvalue weighted by atomic mass is 16.2. The lowest BCUT2D eigenvalue weighted by Crippen LogP contribution is -2.42. The van der Waals surface area contributed by atoms with Crippen molar-refractivity contribution in [3.8, 4) is 5.69 Å². The van der Waals surface area contributed by atoms with E-state index in [0.29, 0.717) is 5.69 Å². The van der Waals surface area contributed by atoms with Crippen molar-refractivity contribution in [2.24, 2.45) is 5.73 Å². The molecule has 0 saturated heterocycles. The largest absolute Gasteiger partial charge is 0.370 e. The van der Waals surface area contributed by atoms with Crippen LogP contribution < -0.4 is 22.4 Å². The number of nitrogens with two attached hydrogens (primary N) is 1. The maximum absolute atomic E-state index is 12.9. The van der Waals surface area contributed by atoms with E-state index in [2.05, 4.69) is 5.32 Å². The highest BCUT2D eigenvalue weighted by molar-refractivity contribution is 5.83. The first-order chi connectivity index (χ1) is 12.4. The van der Waals surface area contributed by atoms with Gasteiger partial charge in [-0.05, 0) is 19.1 Å². The summed E-state index contributed by atoms with van der Waals surface area (Å²) in [4.78, 5) is 49.0. The van der Waals surface area contributed by atoms with Crippen LogP contribution in [0.15, 0.2) is 52.1 Å². The van der Waals surface area contributed by atoms with Crippen LogP contribution in [0.3, 0.4) is 0 Å². The third kappa shape index (κ3) is 2.99. The van der Waals surface area contributed by atoms with Crippen molar-refractivity contribution in [2.75, 3.05) is 6.54 Å². The molecule has 3 N–H and O–H groups in total. The minimum Gasteiger partial charge on any atom is -0.370 e. The maximum atomic E-state index is 12.9. The highest BCUT2D eigenvalue weighted by Gasteiger charge is 2.31. The molecule has 0 spiro atoms. The van der Waals surface area contributed by atoms with E-state index in [-0.39, 0.29) is 19.0 Å². The number of aromatic nitrogens is 3. The molecule has 0 bridgehead atoms. The fraction of sp³-hybridized carbons (Fsp3) is 0.294. The SMILES string of the molecule is CC1C=CC(C(=O)NCCC(N)=O)n2c(=O)n(-c3ccccc3)c(=O)n21. The van der Waals surface area contributed by atoms with Gasteiger partial charge in [0.05, 0.1) is 11.7 Å². The predicted octanol–water partition coefficient (Wildman–Crippen LogP) is -0.536. The Morgan fingerprint density at radius 3 is 2.38 bits per heavy atom. The minimum absolute atomic E-state index is 0.00862. The summed E-state index contributed by atoms with van der Waals surface area (Å²) in [5.74, 6) is -1.03. The molecular weight excluding hydrogens is 338 g/mol. The topological polar surface area (TPSA) is 121 Å². The first-order valence-corrected chi connectivity index (χ1v) is 8.17. The molecule has 1 aromatic heterocycles. The van der Waals surface area contributed by atoms with Gasteiger partial charge in [-0.2, -0.15) is 0 Å². The zero-order valence-electron chi connectivity index (χ0n) is 14.2. The number of hydrogen-bond donors (Lipinski definition) is 2. The van der Waals surface area contributed by atoms with Crippen LogP contribution in [0.2, 0.25) is 0 Å². The lowest BCUT2D eigenvalue weighted by molar-refractivity contribution is -0.124. The average Bonchev–Trinajstić information content (AvgIpc) is 2.87. The Morgan fingerprint density at radius 1 is 1.08 bits per heavy atom. The van der Waals surface area contributed by atoms with Crippen molar-refractivity contribution in [3.63, 3.8) is 0 Å². The van der Waals surface area contributed by atoms with Crippen LogP contribution in [0.5, 0.6) is 0 Å². The molecule has 0 fully saturated rings. The third-order valence-electron chi connectivity index (χ3n) is 4.18. The zero-order chi connectivity index (χ0) is 18.8. The van der Waals surface area contributed by atoms with Gasteiger partial charge in [0, 0.05) is 13.0 Å². The van der Waals surface area contributed by atoms with E-state index in [1.807, 2.05) is 0 Å². The van der Waals surface area contributed by atoms with E-state index in [4.69, 9.17) is 5.73 Å². The Hall–Kier alpha value is -3.36. The number of amides is 2. The summed E-state index contributed by atoms with van der Waals surface area (Å²) in [5.41, 5.74) is 4.36. The molecule has 0 aliphatic carbocycles. The van der Waals surface area contributed by atoms with E-state index >= 15 is 0 Å². The molecule has 0 radical (unpaired) electrons. The summed E-state index contributed by atoms with van der Waals surface area (Å²) in [6.45, 7) is 1.82. The Morgan fingerprint density at radius 2 is 1.73 bits per heavy atom. The van der Waals surface area contributed by atoms with Gasteiger partial charge in [-0.1, -0.05) is 30.4 Å². The summed E-state index contributed by atoms with van der Waals surface area (Å²) in [5, 5.41) is 2.56. The standard InChI is InChI=1S/C17H19N5O4/c1-11-7-8-13(15(24)19-10-9-14(18)23)22-17(26)20(16(25)21(11)22)12-5-3-2-4-6-12/h2-8,11,13H,9-10H2,1H3,(H2,18,23)(H,19,24). The quantitative estimate of drug-likeness (QED) is 0.698. The van der Waals surface area contributed by atoms with Crippen LogP contribution >= 0.6 is 0 Å². The number of fused-ring (bicyclic) bond motifs is 1. The summed E-state index contributed by atoms with van der Waals surface area (Å²) in [6, 6.07) is 7.15. The molecule has 1 aliphatic heterocycles. The predicted molar refractivity (Wildman–Crippen MR) is 94.0 cm³/mol. The lowest BCUT2D eigenvalue weighted by atomic mass is 10.1. The van der Waals surface area contributed by atoms with Gasteiger partial charge in [0.15, 0.2) is 6.04 Å². The average molecular weight is 357 g/mol. The van der Waals surface area contributed by atoms with Crippen molar-refractivity contribution < 1.29 is 9.59 Å². The second-order valence-corrected chi connectivity index (χ2v) is 6.00. The third-order valence-corrected chi connectivity index (χ3v) is 4.18. The second kappa shape index (κ2) is 6.87. The van der Waals surface area contributed by atoms with E-state index in [9.17, 15) is 19.2 Å². The Balaban J connectivity index is 2.03. The van der Waals surface area contributed by atoms with Crippen molar-refractivity contribution in [2.45, 2.75) is 25.4 Å². The van der Waals surface area contributed by atoms with Crippen LogP contribution in [0.25, 0.3) is 5.69 Å². The number of hydrogen-bond acceptors (Lipinski definition) is 4. The van der Waals surface area contributed by atoms with E-state index in [1.165, 1.54) is 4.68 Å². The number of carbonyl (C=O) groups excluding carboxylic acids is 2. The minimum atomic E-state index is -0.982. The van der Waals surface area contributed by atoms with Gasteiger partial charge >= 0.3 is 11.4 Å². The van der Waals surface area contributed by atoms with E-state index in [1.54, 1.807) is 49.4 Å². The molecule has 0 saturated carbocycles. The first kappa shape index (κ1) is 17.5. The smallest absolute Gasteiger partial charge is 0.352 e. The number of carbonyl (C=O) groups is 2. The summed E-state index contributed by atoms with van der Waals surface area (Å²) < 4.78 is 3.43. The molecule has 1 aliphatic rings. The van der Waals surface area contributed by atoms with Crippen molar-refractivity contribution in [3.05, 3.63) is 63.5 Å². The number of rotatable bonds is 5. The van der Waals surface area contributed by atoms with Crippen LogP contribution in [0, 0.1) is 0 Å². The zero-order valence-corrected chi connectivity index (χ0v) is 14.2. The van der Waals surface area contributed by atoms with Gasteiger partial charge < -0.3 is 11.1 Å². The van der Waals surface area contributed by atoms with Gasteiger partial charge in [0.2, 0.25) is 11.8 Å². The van der Waals surface area contributed by atoms with Crippen molar-refractivity contribution in [1.82, 2.24) is 19.2 Å². The molecule has 9 heteroatoms. The van der Waals surface area contributed by atoms with Crippen molar-refractivity contribution >= 4 is 11.8 Å². The summed E-state index contributed by atoms with van der Waals surface area (Å²) in [7, 11) is 0. The maximum Gasteiger partial charge on any atom is 0.352 e.